The maximum atomic E-state index is 12.1. The van der Waals surface area contributed by atoms with Crippen LogP contribution in [0.2, 0.25) is 0 Å². The number of nitrogens with zero attached hydrogens (tertiary/aromatic N) is 3. The van der Waals surface area contributed by atoms with Crippen LogP contribution in [-0.2, 0) is 7.05 Å². The van der Waals surface area contributed by atoms with E-state index >= 15 is 0 Å². The zero-order valence-corrected chi connectivity index (χ0v) is 13.4. The number of aromatic nitrogens is 3. The standard InChI is InChI=1S/C16H12N4O6/c1-18-14(21)17-15(22)19(16(18)23)10-2-6-12(7-3-10)26-13-8-4-11(5-9-13)20(24)25/h2-9H,1H3,(H,17,21,22). The first-order valence-corrected chi connectivity index (χ1v) is 7.32. The lowest BCUT2D eigenvalue weighted by Gasteiger charge is -2.08. The van der Waals surface area contributed by atoms with Crippen LogP contribution < -0.4 is 21.8 Å². The van der Waals surface area contributed by atoms with E-state index in [1.54, 1.807) is 0 Å². The second kappa shape index (κ2) is 6.51. The van der Waals surface area contributed by atoms with Crippen LogP contribution in [0.3, 0.4) is 0 Å². The summed E-state index contributed by atoms with van der Waals surface area (Å²) in [6.45, 7) is 0. The molecule has 10 nitrogen and oxygen atoms in total. The number of aromatic amines is 1. The monoisotopic (exact) mass is 356 g/mol. The van der Waals surface area contributed by atoms with Crippen LogP contribution in [0.4, 0.5) is 5.69 Å². The molecule has 1 N–H and O–H groups in total. The SMILES string of the molecule is Cn1c(=O)[nH]c(=O)n(-c2ccc(Oc3ccc([N+](=O)[O-])cc3)cc2)c1=O. The minimum absolute atomic E-state index is 0.0546. The summed E-state index contributed by atoms with van der Waals surface area (Å²) in [6, 6.07) is 11.5. The van der Waals surface area contributed by atoms with Gasteiger partial charge in [0.15, 0.2) is 0 Å². The Balaban J connectivity index is 1.89. The third kappa shape index (κ3) is 3.15. The van der Waals surface area contributed by atoms with Crippen LogP contribution in [0.5, 0.6) is 11.5 Å². The van der Waals surface area contributed by atoms with Gasteiger partial charge in [0.05, 0.1) is 10.6 Å². The number of rotatable bonds is 4. The summed E-state index contributed by atoms with van der Waals surface area (Å²) < 4.78 is 7.15. The van der Waals surface area contributed by atoms with Crippen LogP contribution in [-0.4, -0.2) is 19.0 Å². The molecular weight excluding hydrogens is 344 g/mol. The van der Waals surface area contributed by atoms with E-state index in [4.69, 9.17) is 4.74 Å². The van der Waals surface area contributed by atoms with E-state index in [1.807, 2.05) is 4.98 Å². The molecule has 0 amide bonds. The Morgan fingerprint density at radius 1 is 0.923 bits per heavy atom. The van der Waals surface area contributed by atoms with Crippen molar-refractivity contribution in [3.05, 3.63) is 90.1 Å². The van der Waals surface area contributed by atoms with Gasteiger partial charge in [0.25, 0.3) is 5.69 Å². The predicted octanol–water partition coefficient (Wildman–Crippen LogP) is 0.925. The minimum Gasteiger partial charge on any atom is -0.457 e. The summed E-state index contributed by atoms with van der Waals surface area (Å²) in [4.78, 5) is 47.5. The van der Waals surface area contributed by atoms with E-state index in [1.165, 1.54) is 55.6 Å². The molecule has 1 aromatic heterocycles. The van der Waals surface area contributed by atoms with Gasteiger partial charge in [0, 0.05) is 19.2 Å². The summed E-state index contributed by atoms with van der Waals surface area (Å²) in [5, 5.41) is 10.6. The predicted molar refractivity (Wildman–Crippen MR) is 91.1 cm³/mol. The van der Waals surface area contributed by atoms with Gasteiger partial charge in [-0.2, -0.15) is 0 Å². The number of ether oxygens (including phenoxy) is 1. The molecule has 3 rings (SSSR count). The topological polar surface area (TPSA) is 129 Å². The molecule has 0 saturated carbocycles. The normalized spacial score (nSPS) is 10.5. The molecule has 0 aliphatic carbocycles. The van der Waals surface area contributed by atoms with Gasteiger partial charge in [-0.25, -0.2) is 23.5 Å². The Bertz CT molecular complexity index is 1140. The van der Waals surface area contributed by atoms with E-state index in [9.17, 15) is 24.5 Å². The molecule has 0 radical (unpaired) electrons. The maximum Gasteiger partial charge on any atom is 0.340 e. The average molecular weight is 356 g/mol. The summed E-state index contributed by atoms with van der Waals surface area (Å²) >= 11 is 0. The summed E-state index contributed by atoms with van der Waals surface area (Å²) in [6.07, 6.45) is 0. The fourth-order valence-corrected chi connectivity index (χ4v) is 2.22. The van der Waals surface area contributed by atoms with E-state index in [2.05, 4.69) is 0 Å². The van der Waals surface area contributed by atoms with Gasteiger partial charge in [-0.05, 0) is 36.4 Å². The number of benzene rings is 2. The van der Waals surface area contributed by atoms with Crippen molar-refractivity contribution in [3.63, 3.8) is 0 Å². The molecule has 3 aromatic rings. The Morgan fingerprint density at radius 3 is 2.00 bits per heavy atom. The molecule has 0 aliphatic rings. The van der Waals surface area contributed by atoms with Gasteiger partial charge in [-0.1, -0.05) is 0 Å². The zero-order valence-electron chi connectivity index (χ0n) is 13.4. The molecular formula is C16H12N4O6. The third-order valence-electron chi connectivity index (χ3n) is 3.58. The quantitative estimate of drug-likeness (QED) is 0.547. The fraction of sp³-hybridized carbons (Fsp3) is 0.0625. The Morgan fingerprint density at radius 2 is 1.46 bits per heavy atom. The number of H-pyrrole nitrogens is 1. The van der Waals surface area contributed by atoms with Crippen LogP contribution in [0.15, 0.2) is 62.9 Å². The Kier molecular flexibility index (Phi) is 4.23. The molecule has 26 heavy (non-hydrogen) atoms. The van der Waals surface area contributed by atoms with Crippen molar-refractivity contribution in [2.24, 2.45) is 7.05 Å². The Hall–Kier alpha value is -3.95. The van der Waals surface area contributed by atoms with E-state index in [-0.39, 0.29) is 11.4 Å². The molecule has 1 heterocycles. The van der Waals surface area contributed by atoms with Crippen LogP contribution in [0.1, 0.15) is 0 Å². The minimum atomic E-state index is -0.845. The summed E-state index contributed by atoms with van der Waals surface area (Å²) in [5.74, 6) is 0.789. The van der Waals surface area contributed by atoms with Crippen molar-refractivity contribution < 1.29 is 9.66 Å². The molecule has 0 unspecified atom stereocenters. The smallest absolute Gasteiger partial charge is 0.340 e. The second-order valence-electron chi connectivity index (χ2n) is 5.26. The first-order valence-electron chi connectivity index (χ1n) is 7.32. The number of hydrogen-bond donors (Lipinski definition) is 1. The average Bonchev–Trinajstić information content (AvgIpc) is 2.62. The molecule has 0 saturated heterocycles. The lowest BCUT2D eigenvalue weighted by Crippen LogP contribution is -2.47. The van der Waals surface area contributed by atoms with Gasteiger partial charge in [0.2, 0.25) is 0 Å². The lowest BCUT2D eigenvalue weighted by molar-refractivity contribution is -0.384. The van der Waals surface area contributed by atoms with E-state index < -0.39 is 22.0 Å². The largest absolute Gasteiger partial charge is 0.457 e. The van der Waals surface area contributed by atoms with Gasteiger partial charge in [-0.15, -0.1) is 0 Å². The molecule has 0 atom stereocenters. The molecule has 0 aliphatic heterocycles. The number of nitrogens with one attached hydrogen (secondary N) is 1. The fourth-order valence-electron chi connectivity index (χ4n) is 2.22. The van der Waals surface area contributed by atoms with E-state index in [0.717, 1.165) is 9.13 Å². The number of non-ortho nitro benzene ring substituents is 1. The van der Waals surface area contributed by atoms with Crippen LogP contribution in [0, 0.1) is 10.1 Å². The highest BCUT2D eigenvalue weighted by atomic mass is 16.6. The molecule has 0 bridgehead atoms. The first kappa shape index (κ1) is 16.9. The highest BCUT2D eigenvalue weighted by Crippen LogP contribution is 2.24. The molecule has 132 valence electrons. The van der Waals surface area contributed by atoms with Crippen LogP contribution >= 0.6 is 0 Å². The maximum absolute atomic E-state index is 12.1. The van der Waals surface area contributed by atoms with Gasteiger partial charge >= 0.3 is 17.1 Å². The van der Waals surface area contributed by atoms with Gasteiger partial charge in [0.1, 0.15) is 11.5 Å². The van der Waals surface area contributed by atoms with Crippen molar-refractivity contribution in [3.8, 4) is 17.2 Å². The number of nitro groups is 1. The lowest BCUT2D eigenvalue weighted by atomic mass is 10.3. The van der Waals surface area contributed by atoms with E-state index in [0.29, 0.717) is 11.5 Å². The number of hydrogen-bond acceptors (Lipinski definition) is 6. The van der Waals surface area contributed by atoms with Crippen molar-refractivity contribution >= 4 is 5.69 Å². The third-order valence-corrected chi connectivity index (χ3v) is 3.58. The zero-order chi connectivity index (χ0) is 18.8. The van der Waals surface area contributed by atoms with Gasteiger partial charge < -0.3 is 4.74 Å². The molecule has 2 aromatic carbocycles. The van der Waals surface area contributed by atoms with Crippen molar-refractivity contribution in [1.82, 2.24) is 14.1 Å². The Labute approximate surface area is 144 Å². The highest BCUT2D eigenvalue weighted by molar-refractivity contribution is 5.41. The number of nitro benzene ring substituents is 1. The summed E-state index contributed by atoms with van der Waals surface area (Å²) in [7, 11) is 1.25. The van der Waals surface area contributed by atoms with Crippen molar-refractivity contribution in [1.29, 1.82) is 0 Å². The molecule has 0 spiro atoms. The second-order valence-corrected chi connectivity index (χ2v) is 5.26. The van der Waals surface area contributed by atoms with Crippen molar-refractivity contribution in [2.45, 2.75) is 0 Å². The molecule has 10 heteroatoms. The molecule has 0 fully saturated rings. The van der Waals surface area contributed by atoms with Gasteiger partial charge in [-0.3, -0.25) is 15.1 Å². The van der Waals surface area contributed by atoms with Crippen LogP contribution in [0.25, 0.3) is 5.69 Å². The summed E-state index contributed by atoms with van der Waals surface area (Å²) in [5.41, 5.74) is -2.22. The first-order chi connectivity index (χ1) is 12.4. The van der Waals surface area contributed by atoms with Crippen molar-refractivity contribution in [2.75, 3.05) is 0 Å². The highest BCUT2D eigenvalue weighted by Gasteiger charge is 2.09.